The van der Waals surface area contributed by atoms with Crippen molar-refractivity contribution in [1.82, 2.24) is 10.2 Å². The van der Waals surface area contributed by atoms with Gasteiger partial charge in [-0.05, 0) is 28.6 Å². The maximum absolute atomic E-state index is 12.9. The van der Waals surface area contributed by atoms with Crippen molar-refractivity contribution in [3.8, 4) is 0 Å². The molecule has 1 aliphatic heterocycles. The number of rotatable bonds is 5. The molecule has 1 N–H and O–H groups in total. The van der Waals surface area contributed by atoms with Crippen LogP contribution in [0, 0.1) is 28.6 Å². The molecule has 0 radical (unpaired) electrons. The number of hydrogen-bond donors (Lipinski definition) is 1. The maximum Gasteiger partial charge on any atom is 0.241 e. The molecule has 1 heterocycles. The van der Waals surface area contributed by atoms with Crippen molar-refractivity contribution >= 4 is 5.91 Å². The van der Waals surface area contributed by atoms with Gasteiger partial charge in [0.25, 0.3) is 0 Å². The van der Waals surface area contributed by atoms with Gasteiger partial charge in [-0.3, -0.25) is 10.1 Å². The van der Waals surface area contributed by atoms with Crippen LogP contribution in [0.15, 0.2) is 0 Å². The van der Waals surface area contributed by atoms with Crippen molar-refractivity contribution in [2.24, 2.45) is 28.6 Å². The van der Waals surface area contributed by atoms with E-state index in [1.165, 1.54) is 0 Å². The topological polar surface area (TPSA) is 32.3 Å². The number of nitrogens with zero attached hydrogens (tertiary/aromatic N) is 1. The lowest BCUT2D eigenvalue weighted by Gasteiger charge is -2.28. The van der Waals surface area contributed by atoms with E-state index in [-0.39, 0.29) is 12.2 Å². The highest BCUT2D eigenvalue weighted by molar-refractivity contribution is 5.84. The Morgan fingerprint density at radius 2 is 1.67 bits per heavy atom. The fourth-order valence-electron chi connectivity index (χ4n) is 4.05. The summed E-state index contributed by atoms with van der Waals surface area (Å²) in [7, 11) is 0. The fourth-order valence-corrected chi connectivity index (χ4v) is 4.05. The van der Waals surface area contributed by atoms with Crippen molar-refractivity contribution in [1.29, 1.82) is 0 Å². The van der Waals surface area contributed by atoms with Gasteiger partial charge in [0.15, 0.2) is 0 Å². The lowest BCUT2D eigenvalue weighted by molar-refractivity contribution is -0.131. The predicted octanol–water partition coefficient (Wildman–Crippen LogP) is 3.50. The van der Waals surface area contributed by atoms with Crippen LogP contribution in [0.4, 0.5) is 0 Å². The average molecular weight is 294 g/mol. The highest BCUT2D eigenvalue weighted by atomic mass is 16.2. The third kappa shape index (κ3) is 2.52. The van der Waals surface area contributed by atoms with E-state index in [1.54, 1.807) is 0 Å². The second-order valence-corrected chi connectivity index (χ2v) is 8.71. The zero-order chi connectivity index (χ0) is 16.2. The Bertz CT molecular complexity index is 399. The standard InChI is InChI=1S/C18H34N2O/c1-9-12(4)14-16(21)20(15(19-14)11(2)3)10-13-17(5,6)18(13,7)8/h11-15,19H,9-10H2,1-8H3. The molecule has 3 heteroatoms. The molecule has 3 atom stereocenters. The molecule has 1 amide bonds. The molecule has 0 spiro atoms. The Morgan fingerprint density at radius 3 is 2.05 bits per heavy atom. The third-order valence-corrected chi connectivity index (χ3v) is 6.78. The molecule has 21 heavy (non-hydrogen) atoms. The van der Waals surface area contributed by atoms with E-state index in [9.17, 15) is 4.79 Å². The van der Waals surface area contributed by atoms with Crippen LogP contribution in [0.2, 0.25) is 0 Å². The van der Waals surface area contributed by atoms with Crippen molar-refractivity contribution < 1.29 is 4.79 Å². The summed E-state index contributed by atoms with van der Waals surface area (Å²) in [5, 5.41) is 3.61. The van der Waals surface area contributed by atoms with Crippen LogP contribution in [-0.4, -0.2) is 29.6 Å². The Morgan fingerprint density at radius 1 is 1.14 bits per heavy atom. The molecule has 2 fully saturated rings. The molecule has 1 saturated carbocycles. The van der Waals surface area contributed by atoms with Crippen LogP contribution in [0.5, 0.6) is 0 Å². The van der Waals surface area contributed by atoms with E-state index >= 15 is 0 Å². The summed E-state index contributed by atoms with van der Waals surface area (Å²) in [5.74, 6) is 1.78. The minimum Gasteiger partial charge on any atom is -0.325 e. The molecule has 3 nitrogen and oxygen atoms in total. The number of amides is 1. The molecule has 2 aliphatic rings. The lowest BCUT2D eigenvalue weighted by Crippen LogP contribution is -2.43. The Kier molecular flexibility index (Phi) is 4.20. The summed E-state index contributed by atoms with van der Waals surface area (Å²) in [4.78, 5) is 15.0. The van der Waals surface area contributed by atoms with E-state index in [1.807, 2.05) is 0 Å². The van der Waals surface area contributed by atoms with E-state index < -0.39 is 0 Å². The van der Waals surface area contributed by atoms with Gasteiger partial charge in [0.1, 0.15) is 0 Å². The second kappa shape index (κ2) is 5.26. The zero-order valence-corrected chi connectivity index (χ0v) is 15.2. The summed E-state index contributed by atoms with van der Waals surface area (Å²) in [6, 6.07) is 0.00683. The Hall–Kier alpha value is -0.570. The first-order valence-corrected chi connectivity index (χ1v) is 8.62. The molecular formula is C18H34N2O. The number of carbonyl (C=O) groups is 1. The smallest absolute Gasteiger partial charge is 0.241 e. The summed E-state index contributed by atoms with van der Waals surface area (Å²) in [6.07, 6.45) is 1.24. The van der Waals surface area contributed by atoms with Crippen LogP contribution in [-0.2, 0) is 4.79 Å². The summed E-state index contributed by atoms with van der Waals surface area (Å²) in [6.45, 7) is 19.0. The van der Waals surface area contributed by atoms with Crippen molar-refractivity contribution in [2.75, 3.05) is 6.54 Å². The van der Waals surface area contributed by atoms with Gasteiger partial charge in [-0.25, -0.2) is 0 Å². The van der Waals surface area contributed by atoms with Crippen LogP contribution < -0.4 is 5.32 Å². The first-order chi connectivity index (χ1) is 9.55. The molecule has 0 aromatic rings. The van der Waals surface area contributed by atoms with E-state index in [0.29, 0.717) is 34.5 Å². The molecule has 0 aromatic carbocycles. The highest BCUT2D eigenvalue weighted by Crippen LogP contribution is 2.68. The molecule has 1 saturated heterocycles. The molecule has 2 rings (SSSR count). The van der Waals surface area contributed by atoms with Gasteiger partial charge in [0, 0.05) is 6.54 Å². The molecule has 0 bridgehead atoms. The predicted molar refractivity (Wildman–Crippen MR) is 87.8 cm³/mol. The van der Waals surface area contributed by atoms with Gasteiger partial charge >= 0.3 is 0 Å². The Balaban J connectivity index is 2.15. The van der Waals surface area contributed by atoms with Gasteiger partial charge in [0.05, 0.1) is 12.2 Å². The van der Waals surface area contributed by atoms with Crippen molar-refractivity contribution in [3.05, 3.63) is 0 Å². The molecular weight excluding hydrogens is 260 g/mol. The quantitative estimate of drug-likeness (QED) is 0.841. The van der Waals surface area contributed by atoms with Crippen LogP contribution in [0.3, 0.4) is 0 Å². The molecule has 1 aliphatic carbocycles. The Labute approximate surface area is 130 Å². The second-order valence-electron chi connectivity index (χ2n) is 8.71. The van der Waals surface area contributed by atoms with Crippen molar-refractivity contribution in [3.63, 3.8) is 0 Å². The van der Waals surface area contributed by atoms with Crippen LogP contribution in [0.1, 0.15) is 61.8 Å². The maximum atomic E-state index is 12.9. The van der Waals surface area contributed by atoms with Gasteiger partial charge in [0.2, 0.25) is 5.91 Å². The normalized spacial score (nSPS) is 32.8. The number of hydrogen-bond acceptors (Lipinski definition) is 2. The fraction of sp³-hybridized carbons (Fsp3) is 0.944. The van der Waals surface area contributed by atoms with E-state index in [2.05, 4.69) is 65.6 Å². The zero-order valence-electron chi connectivity index (χ0n) is 15.2. The average Bonchev–Trinajstić information content (AvgIpc) is 2.68. The first-order valence-electron chi connectivity index (χ1n) is 8.62. The molecule has 0 aromatic heterocycles. The SMILES string of the molecule is CCC(C)C1NC(C(C)C)N(CC2C(C)(C)C2(C)C)C1=O. The van der Waals surface area contributed by atoms with E-state index in [4.69, 9.17) is 0 Å². The third-order valence-electron chi connectivity index (χ3n) is 6.78. The monoisotopic (exact) mass is 294 g/mol. The van der Waals surface area contributed by atoms with Crippen LogP contribution in [0.25, 0.3) is 0 Å². The lowest BCUT2D eigenvalue weighted by atomic mass is 9.99. The largest absolute Gasteiger partial charge is 0.325 e. The molecule has 3 unspecified atom stereocenters. The minimum absolute atomic E-state index is 0.00683. The minimum atomic E-state index is 0.00683. The van der Waals surface area contributed by atoms with Gasteiger partial charge in [-0.2, -0.15) is 0 Å². The summed E-state index contributed by atoms with van der Waals surface area (Å²) in [5.41, 5.74) is 0.673. The van der Waals surface area contributed by atoms with Crippen molar-refractivity contribution in [2.45, 2.75) is 74.0 Å². The van der Waals surface area contributed by atoms with E-state index in [0.717, 1.165) is 13.0 Å². The summed E-state index contributed by atoms with van der Waals surface area (Å²) >= 11 is 0. The molecule has 122 valence electrons. The van der Waals surface area contributed by atoms with Gasteiger partial charge in [-0.1, -0.05) is 61.8 Å². The highest BCUT2D eigenvalue weighted by Gasteiger charge is 2.65. The van der Waals surface area contributed by atoms with Crippen LogP contribution >= 0.6 is 0 Å². The summed E-state index contributed by atoms with van der Waals surface area (Å²) < 4.78 is 0. The van der Waals surface area contributed by atoms with Gasteiger partial charge in [-0.15, -0.1) is 0 Å². The number of nitrogens with one attached hydrogen (secondary N) is 1. The van der Waals surface area contributed by atoms with Gasteiger partial charge < -0.3 is 4.90 Å². The number of carbonyl (C=O) groups excluding carboxylic acids is 1. The first kappa shape index (κ1) is 16.8.